The second-order valence-corrected chi connectivity index (χ2v) is 7.30. The summed E-state index contributed by atoms with van der Waals surface area (Å²) < 4.78 is 2.43. The van der Waals surface area contributed by atoms with Crippen LogP contribution in [0.1, 0.15) is 19.8 Å². The first-order valence-corrected chi connectivity index (χ1v) is 9.26. The Balaban J connectivity index is 1.68. The van der Waals surface area contributed by atoms with Crippen LogP contribution in [0, 0.1) is 0 Å². The van der Waals surface area contributed by atoms with E-state index < -0.39 is 0 Å². The summed E-state index contributed by atoms with van der Waals surface area (Å²) in [5.41, 5.74) is 2.36. The Kier molecular flexibility index (Phi) is 4.48. The molecule has 2 aromatic rings. The summed E-state index contributed by atoms with van der Waals surface area (Å²) in [6, 6.07) is 7.16. The van der Waals surface area contributed by atoms with Gasteiger partial charge in [0, 0.05) is 24.8 Å². The zero-order valence-electron chi connectivity index (χ0n) is 12.1. The van der Waals surface area contributed by atoms with Gasteiger partial charge in [-0.05, 0) is 43.8 Å². The minimum Gasteiger partial charge on any atom is -0.382 e. The highest BCUT2D eigenvalue weighted by Gasteiger charge is 2.17. The molecule has 1 fully saturated rings. The molecule has 1 saturated heterocycles. The smallest absolute Gasteiger partial charge is 0.150 e. The number of fused-ring (bicyclic) bond motifs is 1. The Bertz CT molecular complexity index is 574. The van der Waals surface area contributed by atoms with E-state index in [1.165, 1.54) is 42.9 Å². The number of piperidine rings is 1. The van der Waals surface area contributed by atoms with Crippen LogP contribution in [0.15, 0.2) is 22.5 Å². The van der Waals surface area contributed by atoms with Crippen LogP contribution in [-0.2, 0) is 0 Å². The largest absolute Gasteiger partial charge is 0.382 e. The highest BCUT2D eigenvalue weighted by molar-refractivity contribution is 8.00. The van der Waals surface area contributed by atoms with Gasteiger partial charge in [0.25, 0.3) is 0 Å². The molecule has 1 N–H and O–H groups in total. The standard InChI is InChI=1S/C15H21N3S2/c1-3-18-8-6-11(7-9-18)16-12-4-5-13-14(10-12)20-15(17-13)19-2/h4-5,10-11,16H,3,6-9H2,1-2H3. The number of nitrogens with zero attached hydrogens (tertiary/aromatic N) is 2. The number of benzene rings is 1. The molecule has 3 rings (SSSR count). The van der Waals surface area contributed by atoms with Crippen molar-refractivity contribution in [3.05, 3.63) is 18.2 Å². The van der Waals surface area contributed by atoms with Gasteiger partial charge in [-0.25, -0.2) is 4.98 Å². The summed E-state index contributed by atoms with van der Waals surface area (Å²) >= 11 is 3.50. The van der Waals surface area contributed by atoms with Crippen molar-refractivity contribution in [1.29, 1.82) is 0 Å². The van der Waals surface area contributed by atoms with Crippen molar-refractivity contribution in [3.8, 4) is 0 Å². The molecule has 0 radical (unpaired) electrons. The Hall–Kier alpha value is -0.780. The van der Waals surface area contributed by atoms with Crippen molar-refractivity contribution in [2.45, 2.75) is 30.1 Å². The third-order valence-corrected chi connectivity index (χ3v) is 5.95. The predicted molar refractivity (Wildman–Crippen MR) is 90.2 cm³/mol. The molecule has 5 heteroatoms. The normalized spacial score (nSPS) is 17.7. The molecule has 2 heterocycles. The van der Waals surface area contributed by atoms with E-state index in [1.54, 1.807) is 23.1 Å². The maximum Gasteiger partial charge on any atom is 0.150 e. The molecule has 0 bridgehead atoms. The molecular weight excluding hydrogens is 286 g/mol. The predicted octanol–water partition coefficient (Wildman–Crippen LogP) is 3.91. The summed E-state index contributed by atoms with van der Waals surface area (Å²) in [6.45, 7) is 5.85. The first kappa shape index (κ1) is 14.2. The van der Waals surface area contributed by atoms with Gasteiger partial charge in [0.2, 0.25) is 0 Å². The SMILES string of the molecule is CCN1CCC(Nc2ccc3nc(SC)sc3c2)CC1. The van der Waals surface area contributed by atoms with E-state index in [0.717, 1.165) is 9.86 Å². The summed E-state index contributed by atoms with van der Waals surface area (Å²) in [4.78, 5) is 7.11. The van der Waals surface area contributed by atoms with Gasteiger partial charge < -0.3 is 10.2 Å². The van der Waals surface area contributed by atoms with Crippen LogP contribution in [0.4, 0.5) is 5.69 Å². The molecule has 0 atom stereocenters. The topological polar surface area (TPSA) is 28.2 Å². The van der Waals surface area contributed by atoms with E-state index in [9.17, 15) is 0 Å². The number of likely N-dealkylation sites (tertiary alicyclic amines) is 1. The van der Waals surface area contributed by atoms with Crippen LogP contribution in [0.2, 0.25) is 0 Å². The monoisotopic (exact) mass is 307 g/mol. The molecule has 0 spiro atoms. The fourth-order valence-corrected chi connectivity index (χ4v) is 4.24. The lowest BCUT2D eigenvalue weighted by Crippen LogP contribution is -2.38. The van der Waals surface area contributed by atoms with Gasteiger partial charge in [-0.2, -0.15) is 0 Å². The van der Waals surface area contributed by atoms with E-state index in [2.05, 4.69) is 46.6 Å². The Morgan fingerprint density at radius 1 is 1.40 bits per heavy atom. The highest BCUT2D eigenvalue weighted by Crippen LogP contribution is 2.30. The van der Waals surface area contributed by atoms with E-state index in [1.807, 2.05) is 0 Å². The summed E-state index contributed by atoms with van der Waals surface area (Å²) in [5, 5.41) is 3.69. The molecule has 0 aliphatic carbocycles. The van der Waals surface area contributed by atoms with E-state index >= 15 is 0 Å². The molecule has 0 amide bonds. The molecule has 0 unspecified atom stereocenters. The lowest BCUT2D eigenvalue weighted by Gasteiger charge is -2.32. The number of hydrogen-bond acceptors (Lipinski definition) is 5. The van der Waals surface area contributed by atoms with Gasteiger partial charge in [0.1, 0.15) is 0 Å². The fourth-order valence-electron chi connectivity index (χ4n) is 2.71. The minimum atomic E-state index is 0.614. The molecule has 1 aromatic heterocycles. The number of rotatable bonds is 4. The molecule has 20 heavy (non-hydrogen) atoms. The number of thioether (sulfide) groups is 1. The molecule has 0 saturated carbocycles. The molecule has 1 aromatic carbocycles. The number of aromatic nitrogens is 1. The van der Waals surface area contributed by atoms with Crippen LogP contribution in [0.5, 0.6) is 0 Å². The second-order valence-electron chi connectivity index (χ2n) is 5.22. The van der Waals surface area contributed by atoms with Crippen LogP contribution in [0.3, 0.4) is 0 Å². The van der Waals surface area contributed by atoms with E-state index in [4.69, 9.17) is 0 Å². The highest BCUT2D eigenvalue weighted by atomic mass is 32.2. The summed E-state index contributed by atoms with van der Waals surface area (Å²) in [7, 11) is 0. The minimum absolute atomic E-state index is 0.614. The van der Waals surface area contributed by atoms with Crippen molar-refractivity contribution in [3.63, 3.8) is 0 Å². The van der Waals surface area contributed by atoms with Crippen LogP contribution in [0.25, 0.3) is 10.2 Å². The number of anilines is 1. The lowest BCUT2D eigenvalue weighted by molar-refractivity contribution is 0.229. The zero-order chi connectivity index (χ0) is 13.9. The quantitative estimate of drug-likeness (QED) is 0.867. The van der Waals surface area contributed by atoms with Crippen molar-refractivity contribution in [1.82, 2.24) is 9.88 Å². The zero-order valence-corrected chi connectivity index (χ0v) is 13.7. The van der Waals surface area contributed by atoms with Crippen LogP contribution < -0.4 is 5.32 Å². The number of nitrogens with one attached hydrogen (secondary N) is 1. The van der Waals surface area contributed by atoms with Gasteiger partial charge in [-0.3, -0.25) is 0 Å². The Morgan fingerprint density at radius 2 is 2.20 bits per heavy atom. The maximum absolute atomic E-state index is 4.59. The average molecular weight is 307 g/mol. The van der Waals surface area contributed by atoms with Crippen molar-refractivity contribution in [2.24, 2.45) is 0 Å². The lowest BCUT2D eigenvalue weighted by atomic mass is 10.0. The third-order valence-electron chi connectivity index (χ3n) is 3.95. The van der Waals surface area contributed by atoms with E-state index in [0.29, 0.717) is 6.04 Å². The average Bonchev–Trinajstić information content (AvgIpc) is 2.90. The van der Waals surface area contributed by atoms with Crippen LogP contribution in [-0.4, -0.2) is 41.8 Å². The van der Waals surface area contributed by atoms with Crippen LogP contribution >= 0.6 is 23.1 Å². The van der Waals surface area contributed by atoms with Gasteiger partial charge in [0.05, 0.1) is 10.2 Å². The molecular formula is C15H21N3S2. The second kappa shape index (κ2) is 6.33. The van der Waals surface area contributed by atoms with Gasteiger partial charge in [-0.15, -0.1) is 11.3 Å². The van der Waals surface area contributed by atoms with Gasteiger partial charge in [-0.1, -0.05) is 18.7 Å². The van der Waals surface area contributed by atoms with Gasteiger partial charge in [0.15, 0.2) is 4.34 Å². The number of thiazole rings is 1. The number of hydrogen-bond donors (Lipinski definition) is 1. The third kappa shape index (κ3) is 3.10. The summed E-state index contributed by atoms with van der Waals surface area (Å²) in [6.07, 6.45) is 4.56. The molecule has 1 aliphatic heterocycles. The van der Waals surface area contributed by atoms with Crippen molar-refractivity contribution >= 4 is 39.0 Å². The Morgan fingerprint density at radius 3 is 2.90 bits per heavy atom. The first-order valence-electron chi connectivity index (χ1n) is 7.22. The Labute approximate surface area is 128 Å². The molecule has 3 nitrogen and oxygen atoms in total. The summed E-state index contributed by atoms with van der Waals surface area (Å²) in [5.74, 6) is 0. The van der Waals surface area contributed by atoms with Crippen molar-refractivity contribution in [2.75, 3.05) is 31.2 Å². The van der Waals surface area contributed by atoms with Crippen molar-refractivity contribution < 1.29 is 0 Å². The molecule has 1 aliphatic rings. The van der Waals surface area contributed by atoms with Gasteiger partial charge >= 0.3 is 0 Å². The maximum atomic E-state index is 4.59. The van der Waals surface area contributed by atoms with E-state index in [-0.39, 0.29) is 0 Å². The first-order chi connectivity index (χ1) is 9.78. The molecule has 108 valence electrons. The fraction of sp³-hybridized carbons (Fsp3) is 0.533.